The SMILES string of the molecule is Cc1c(C(C)(F)F)nn(C)c1C(N)=O. The Balaban J connectivity index is 3.39. The number of carbonyl (C=O) groups excluding carboxylic acids is 1. The summed E-state index contributed by atoms with van der Waals surface area (Å²) in [5.41, 5.74) is 4.77. The van der Waals surface area contributed by atoms with Crippen LogP contribution in [-0.2, 0) is 13.0 Å². The van der Waals surface area contributed by atoms with E-state index in [1.807, 2.05) is 0 Å². The van der Waals surface area contributed by atoms with Crippen LogP contribution in [0.5, 0.6) is 0 Å². The average molecular weight is 203 g/mol. The lowest BCUT2D eigenvalue weighted by Crippen LogP contribution is -2.16. The van der Waals surface area contributed by atoms with Crippen LogP contribution in [0.25, 0.3) is 0 Å². The molecule has 1 rings (SSSR count). The van der Waals surface area contributed by atoms with E-state index in [9.17, 15) is 13.6 Å². The van der Waals surface area contributed by atoms with Gasteiger partial charge in [-0.2, -0.15) is 13.9 Å². The van der Waals surface area contributed by atoms with E-state index in [0.29, 0.717) is 0 Å². The van der Waals surface area contributed by atoms with Crippen LogP contribution in [0.15, 0.2) is 0 Å². The van der Waals surface area contributed by atoms with Crippen molar-refractivity contribution in [2.24, 2.45) is 12.8 Å². The summed E-state index contributed by atoms with van der Waals surface area (Å²) in [5.74, 6) is -3.82. The minimum atomic E-state index is -3.06. The van der Waals surface area contributed by atoms with Crippen molar-refractivity contribution in [3.63, 3.8) is 0 Å². The Hall–Kier alpha value is -1.46. The van der Waals surface area contributed by atoms with Gasteiger partial charge in [0.2, 0.25) is 0 Å². The number of primary amides is 1. The van der Waals surface area contributed by atoms with Crippen LogP contribution in [0.4, 0.5) is 8.78 Å². The molecule has 0 saturated heterocycles. The highest BCUT2D eigenvalue weighted by atomic mass is 19.3. The first kappa shape index (κ1) is 10.6. The summed E-state index contributed by atoms with van der Waals surface area (Å²) in [6.45, 7) is 2.13. The lowest BCUT2D eigenvalue weighted by Gasteiger charge is -2.06. The van der Waals surface area contributed by atoms with Crippen LogP contribution in [0.3, 0.4) is 0 Å². The fraction of sp³-hybridized carbons (Fsp3) is 0.500. The van der Waals surface area contributed by atoms with Crippen molar-refractivity contribution in [3.8, 4) is 0 Å². The van der Waals surface area contributed by atoms with Crippen LogP contribution in [0.2, 0.25) is 0 Å². The monoisotopic (exact) mass is 203 g/mol. The van der Waals surface area contributed by atoms with Crippen molar-refractivity contribution in [2.75, 3.05) is 0 Å². The molecule has 4 nitrogen and oxygen atoms in total. The lowest BCUT2D eigenvalue weighted by molar-refractivity contribution is 0.0116. The molecule has 14 heavy (non-hydrogen) atoms. The molecule has 0 aliphatic heterocycles. The number of aryl methyl sites for hydroxylation is 1. The number of amides is 1. The normalized spacial score (nSPS) is 11.8. The molecule has 6 heteroatoms. The van der Waals surface area contributed by atoms with Gasteiger partial charge >= 0.3 is 0 Å². The first-order valence-corrected chi connectivity index (χ1v) is 3.97. The van der Waals surface area contributed by atoms with Crippen LogP contribution in [-0.4, -0.2) is 15.7 Å². The number of hydrogen-bond acceptors (Lipinski definition) is 2. The van der Waals surface area contributed by atoms with Crippen molar-refractivity contribution in [2.45, 2.75) is 19.8 Å². The number of nitrogens with zero attached hydrogens (tertiary/aromatic N) is 2. The zero-order chi connectivity index (χ0) is 11.1. The molecule has 1 aromatic rings. The molecule has 0 aliphatic rings. The van der Waals surface area contributed by atoms with Crippen molar-refractivity contribution in [3.05, 3.63) is 17.0 Å². The van der Waals surface area contributed by atoms with E-state index >= 15 is 0 Å². The summed E-state index contributed by atoms with van der Waals surface area (Å²) in [5, 5.41) is 3.57. The predicted molar refractivity (Wildman–Crippen MR) is 46.0 cm³/mol. The summed E-state index contributed by atoms with van der Waals surface area (Å²) in [7, 11) is 1.41. The van der Waals surface area contributed by atoms with Gasteiger partial charge in [-0.1, -0.05) is 0 Å². The molecule has 0 aliphatic carbocycles. The largest absolute Gasteiger partial charge is 0.364 e. The molecule has 78 valence electrons. The average Bonchev–Trinajstić information content (AvgIpc) is 2.24. The second-order valence-electron chi connectivity index (χ2n) is 3.20. The molecule has 0 radical (unpaired) electrons. The van der Waals surface area contributed by atoms with Gasteiger partial charge in [0.05, 0.1) is 0 Å². The molecule has 0 fully saturated rings. The third kappa shape index (κ3) is 1.59. The molecule has 2 N–H and O–H groups in total. The van der Waals surface area contributed by atoms with Crippen molar-refractivity contribution in [1.29, 1.82) is 0 Å². The maximum Gasteiger partial charge on any atom is 0.289 e. The van der Waals surface area contributed by atoms with E-state index in [0.717, 1.165) is 11.6 Å². The number of alkyl halides is 2. The molecule has 1 heterocycles. The maximum absolute atomic E-state index is 12.9. The number of hydrogen-bond donors (Lipinski definition) is 1. The molecule has 0 saturated carbocycles. The Kier molecular flexibility index (Phi) is 2.31. The van der Waals surface area contributed by atoms with Crippen LogP contribution in [0, 0.1) is 6.92 Å². The van der Waals surface area contributed by atoms with Gasteiger partial charge in [-0.15, -0.1) is 0 Å². The molecular weight excluding hydrogens is 192 g/mol. The molecule has 1 amide bonds. The standard InChI is InChI=1S/C8H11F2N3O/c1-4-5(7(11)14)13(3)12-6(4)8(2,9)10/h1-3H3,(H2,11,14). The zero-order valence-corrected chi connectivity index (χ0v) is 8.14. The maximum atomic E-state index is 12.9. The van der Waals surface area contributed by atoms with Crippen LogP contribution >= 0.6 is 0 Å². The summed E-state index contributed by atoms with van der Waals surface area (Å²) in [6.07, 6.45) is 0. The van der Waals surface area contributed by atoms with Crippen molar-refractivity contribution < 1.29 is 13.6 Å². The number of nitrogens with two attached hydrogens (primary N) is 1. The number of carbonyl (C=O) groups is 1. The third-order valence-electron chi connectivity index (χ3n) is 1.93. The molecular formula is C8H11F2N3O. The molecule has 0 spiro atoms. The Morgan fingerprint density at radius 3 is 2.29 bits per heavy atom. The zero-order valence-electron chi connectivity index (χ0n) is 8.14. The Bertz CT molecular complexity index is 379. The minimum Gasteiger partial charge on any atom is -0.364 e. The lowest BCUT2D eigenvalue weighted by atomic mass is 10.1. The summed E-state index contributed by atoms with van der Waals surface area (Å²) in [4.78, 5) is 10.9. The quantitative estimate of drug-likeness (QED) is 0.777. The highest BCUT2D eigenvalue weighted by molar-refractivity contribution is 5.92. The number of halogens is 2. The minimum absolute atomic E-state index is 0.0153. The van der Waals surface area contributed by atoms with Gasteiger partial charge < -0.3 is 5.73 Å². The Labute approximate surface area is 79.7 Å². The van der Waals surface area contributed by atoms with Crippen LogP contribution in [0.1, 0.15) is 28.7 Å². The van der Waals surface area contributed by atoms with Crippen LogP contribution < -0.4 is 5.73 Å². The molecule has 1 aromatic heterocycles. The van der Waals surface area contributed by atoms with Gasteiger partial charge in [0, 0.05) is 19.5 Å². The first-order valence-electron chi connectivity index (χ1n) is 3.97. The predicted octanol–water partition coefficient (Wildman–Crippen LogP) is 0.939. The van der Waals surface area contributed by atoms with Gasteiger partial charge in [0.15, 0.2) is 0 Å². The summed E-state index contributed by atoms with van der Waals surface area (Å²) < 4.78 is 27.0. The summed E-state index contributed by atoms with van der Waals surface area (Å²) >= 11 is 0. The number of aromatic nitrogens is 2. The van der Waals surface area contributed by atoms with E-state index in [2.05, 4.69) is 5.10 Å². The van der Waals surface area contributed by atoms with Crippen molar-refractivity contribution in [1.82, 2.24) is 9.78 Å². The number of rotatable bonds is 2. The molecule has 0 unspecified atom stereocenters. The topological polar surface area (TPSA) is 60.9 Å². The fourth-order valence-electron chi connectivity index (χ4n) is 1.39. The second-order valence-corrected chi connectivity index (χ2v) is 3.20. The summed E-state index contributed by atoms with van der Waals surface area (Å²) in [6, 6.07) is 0. The van der Waals surface area contributed by atoms with E-state index in [4.69, 9.17) is 5.73 Å². The van der Waals surface area contributed by atoms with Gasteiger partial charge in [0.25, 0.3) is 11.8 Å². The van der Waals surface area contributed by atoms with E-state index in [1.54, 1.807) is 0 Å². The Morgan fingerprint density at radius 2 is 2.07 bits per heavy atom. The van der Waals surface area contributed by atoms with Gasteiger partial charge in [0.1, 0.15) is 11.4 Å². The van der Waals surface area contributed by atoms with E-state index < -0.39 is 17.5 Å². The second kappa shape index (κ2) is 3.04. The fourth-order valence-corrected chi connectivity index (χ4v) is 1.39. The van der Waals surface area contributed by atoms with E-state index in [-0.39, 0.29) is 11.3 Å². The Morgan fingerprint density at radius 1 is 1.57 bits per heavy atom. The van der Waals surface area contributed by atoms with Crippen molar-refractivity contribution >= 4 is 5.91 Å². The first-order chi connectivity index (χ1) is 6.25. The highest BCUT2D eigenvalue weighted by Crippen LogP contribution is 2.29. The molecule has 0 bridgehead atoms. The molecule has 0 aromatic carbocycles. The van der Waals surface area contributed by atoms with E-state index in [1.165, 1.54) is 14.0 Å². The smallest absolute Gasteiger partial charge is 0.289 e. The molecule has 0 atom stereocenters. The third-order valence-corrected chi connectivity index (χ3v) is 1.93. The highest BCUT2D eigenvalue weighted by Gasteiger charge is 2.32. The van der Waals surface area contributed by atoms with Gasteiger partial charge in [-0.3, -0.25) is 9.48 Å². The van der Waals surface area contributed by atoms with Gasteiger partial charge in [-0.05, 0) is 6.92 Å². The van der Waals surface area contributed by atoms with Gasteiger partial charge in [-0.25, -0.2) is 0 Å².